The Morgan fingerprint density at radius 3 is 2.29 bits per heavy atom. The lowest BCUT2D eigenvalue weighted by atomic mass is 10.2. The van der Waals surface area contributed by atoms with E-state index in [2.05, 4.69) is 25.7 Å². The lowest BCUT2D eigenvalue weighted by molar-refractivity contribution is -0.0161. The number of hydrogen-bond acceptors (Lipinski definition) is 4. The van der Waals surface area contributed by atoms with Gasteiger partial charge in [0.2, 0.25) is 0 Å². The molecule has 0 rings (SSSR count). The molecule has 0 spiro atoms. The highest BCUT2D eigenvalue weighted by molar-refractivity contribution is 4.70. The van der Waals surface area contributed by atoms with Crippen molar-refractivity contribution in [2.45, 2.75) is 39.8 Å². The zero-order valence-corrected chi connectivity index (χ0v) is 12.1. The van der Waals surface area contributed by atoms with Gasteiger partial charge in [-0.05, 0) is 27.3 Å². The minimum atomic E-state index is 0.264. The predicted octanol–water partition coefficient (Wildman–Crippen LogP) is 1.78. The van der Waals surface area contributed by atoms with Crippen LogP contribution in [-0.4, -0.2) is 63.7 Å². The van der Waals surface area contributed by atoms with Gasteiger partial charge in [-0.25, -0.2) is 0 Å². The van der Waals surface area contributed by atoms with Crippen molar-refractivity contribution in [2.24, 2.45) is 0 Å². The van der Waals surface area contributed by atoms with Gasteiger partial charge in [-0.3, -0.25) is 4.90 Å². The van der Waals surface area contributed by atoms with Crippen molar-refractivity contribution in [3.05, 3.63) is 0 Å². The molecule has 0 aliphatic rings. The molecular weight excluding hydrogens is 218 g/mol. The van der Waals surface area contributed by atoms with E-state index in [-0.39, 0.29) is 6.10 Å². The molecule has 1 atom stereocenters. The molecule has 0 aliphatic carbocycles. The van der Waals surface area contributed by atoms with E-state index in [1.807, 2.05) is 6.92 Å². The van der Waals surface area contributed by atoms with Gasteiger partial charge in [-0.1, -0.05) is 6.92 Å². The third kappa shape index (κ3) is 8.55. The smallest absolute Gasteiger partial charge is 0.0647 e. The minimum Gasteiger partial charge on any atom is -0.383 e. The number of methoxy groups -OCH3 is 1. The molecule has 0 bridgehead atoms. The average molecular weight is 247 g/mol. The number of likely N-dealkylation sites (N-methyl/N-ethyl adjacent to an activating group) is 1. The van der Waals surface area contributed by atoms with Crippen molar-refractivity contribution in [2.75, 3.05) is 46.6 Å². The van der Waals surface area contributed by atoms with Crippen molar-refractivity contribution in [3.63, 3.8) is 0 Å². The summed E-state index contributed by atoms with van der Waals surface area (Å²) >= 11 is 0. The molecule has 0 heterocycles. The molecule has 0 aliphatic heterocycles. The first-order valence-electron chi connectivity index (χ1n) is 6.57. The van der Waals surface area contributed by atoms with Gasteiger partial charge < -0.3 is 14.2 Å². The molecule has 0 aromatic rings. The second-order valence-electron chi connectivity index (χ2n) is 4.32. The highest BCUT2D eigenvalue weighted by Crippen LogP contribution is 2.03. The molecule has 4 heteroatoms. The Labute approximate surface area is 106 Å². The summed E-state index contributed by atoms with van der Waals surface area (Å²) in [6, 6.07) is 0.317. The lowest BCUT2D eigenvalue weighted by Gasteiger charge is -2.30. The van der Waals surface area contributed by atoms with Crippen LogP contribution in [0.2, 0.25) is 0 Å². The normalized spacial score (nSPS) is 13.6. The van der Waals surface area contributed by atoms with Crippen LogP contribution in [0.25, 0.3) is 0 Å². The van der Waals surface area contributed by atoms with Gasteiger partial charge in [0.05, 0.1) is 32.0 Å². The fourth-order valence-corrected chi connectivity index (χ4v) is 1.62. The highest BCUT2D eigenvalue weighted by Gasteiger charge is 2.17. The Kier molecular flexibility index (Phi) is 10.9. The zero-order chi connectivity index (χ0) is 13.1. The standard InChI is InChI=1S/C13H29NO3/c1-6-14(8-9-15-5)13(10-16-7-2)11-17-12(3)4/h12-13H,6-11H2,1-5H3. The van der Waals surface area contributed by atoms with Crippen LogP contribution in [0.15, 0.2) is 0 Å². The van der Waals surface area contributed by atoms with Gasteiger partial charge in [-0.2, -0.15) is 0 Å². The molecular formula is C13H29NO3. The maximum Gasteiger partial charge on any atom is 0.0647 e. The van der Waals surface area contributed by atoms with E-state index in [1.54, 1.807) is 7.11 Å². The van der Waals surface area contributed by atoms with Crippen LogP contribution < -0.4 is 0 Å². The summed E-state index contributed by atoms with van der Waals surface area (Å²) in [7, 11) is 1.73. The summed E-state index contributed by atoms with van der Waals surface area (Å²) in [5, 5.41) is 0. The number of hydrogen-bond donors (Lipinski definition) is 0. The van der Waals surface area contributed by atoms with Crippen LogP contribution in [0.3, 0.4) is 0 Å². The fourth-order valence-electron chi connectivity index (χ4n) is 1.62. The summed E-state index contributed by atoms with van der Waals surface area (Å²) in [5.41, 5.74) is 0. The van der Waals surface area contributed by atoms with Gasteiger partial charge in [0, 0.05) is 20.3 Å². The van der Waals surface area contributed by atoms with Gasteiger partial charge in [0.1, 0.15) is 0 Å². The van der Waals surface area contributed by atoms with E-state index in [9.17, 15) is 0 Å². The van der Waals surface area contributed by atoms with Crippen LogP contribution in [-0.2, 0) is 14.2 Å². The molecule has 0 aromatic heterocycles. The minimum absolute atomic E-state index is 0.264. The molecule has 4 nitrogen and oxygen atoms in total. The topological polar surface area (TPSA) is 30.9 Å². The first-order chi connectivity index (χ1) is 8.15. The first kappa shape index (κ1) is 16.8. The number of rotatable bonds is 11. The fraction of sp³-hybridized carbons (Fsp3) is 1.00. The van der Waals surface area contributed by atoms with Crippen molar-refractivity contribution < 1.29 is 14.2 Å². The van der Waals surface area contributed by atoms with Crippen molar-refractivity contribution in [1.29, 1.82) is 0 Å². The van der Waals surface area contributed by atoms with E-state index in [0.717, 1.165) is 39.5 Å². The van der Waals surface area contributed by atoms with Crippen LogP contribution in [0.1, 0.15) is 27.7 Å². The molecule has 0 radical (unpaired) electrons. The number of nitrogens with zero attached hydrogens (tertiary/aromatic N) is 1. The Morgan fingerprint density at radius 2 is 1.82 bits per heavy atom. The predicted molar refractivity (Wildman–Crippen MR) is 70.5 cm³/mol. The molecule has 0 N–H and O–H groups in total. The van der Waals surface area contributed by atoms with Gasteiger partial charge in [-0.15, -0.1) is 0 Å². The zero-order valence-electron chi connectivity index (χ0n) is 12.1. The van der Waals surface area contributed by atoms with Crippen molar-refractivity contribution in [1.82, 2.24) is 4.90 Å². The van der Waals surface area contributed by atoms with E-state index in [0.29, 0.717) is 6.04 Å². The van der Waals surface area contributed by atoms with Gasteiger partial charge in [0.15, 0.2) is 0 Å². The maximum atomic E-state index is 5.70. The van der Waals surface area contributed by atoms with Crippen LogP contribution in [0, 0.1) is 0 Å². The Bertz CT molecular complexity index is 165. The van der Waals surface area contributed by atoms with Crippen LogP contribution >= 0.6 is 0 Å². The summed E-state index contributed by atoms with van der Waals surface area (Å²) in [6.07, 6.45) is 0.264. The van der Waals surface area contributed by atoms with Crippen molar-refractivity contribution >= 4 is 0 Å². The average Bonchev–Trinajstić information content (AvgIpc) is 2.31. The summed E-state index contributed by atoms with van der Waals surface area (Å²) in [6.45, 7) is 13.1. The van der Waals surface area contributed by atoms with E-state index in [1.165, 1.54) is 0 Å². The molecule has 1 unspecified atom stereocenters. The Balaban J connectivity index is 4.17. The second kappa shape index (κ2) is 11.0. The second-order valence-corrected chi connectivity index (χ2v) is 4.32. The Morgan fingerprint density at radius 1 is 1.12 bits per heavy atom. The molecule has 0 aromatic carbocycles. The summed E-state index contributed by atoms with van der Waals surface area (Å²) in [5.74, 6) is 0. The summed E-state index contributed by atoms with van der Waals surface area (Å²) in [4.78, 5) is 2.35. The van der Waals surface area contributed by atoms with E-state index in [4.69, 9.17) is 14.2 Å². The van der Waals surface area contributed by atoms with Crippen LogP contribution in [0.5, 0.6) is 0 Å². The quantitative estimate of drug-likeness (QED) is 0.557. The monoisotopic (exact) mass is 247 g/mol. The van der Waals surface area contributed by atoms with E-state index < -0.39 is 0 Å². The SMILES string of the molecule is CCOCC(COC(C)C)N(CC)CCOC. The third-order valence-corrected chi connectivity index (χ3v) is 2.64. The van der Waals surface area contributed by atoms with Crippen molar-refractivity contribution in [3.8, 4) is 0 Å². The first-order valence-corrected chi connectivity index (χ1v) is 6.57. The number of ether oxygens (including phenoxy) is 3. The summed E-state index contributed by atoms with van der Waals surface area (Å²) < 4.78 is 16.4. The lowest BCUT2D eigenvalue weighted by Crippen LogP contribution is -2.44. The largest absolute Gasteiger partial charge is 0.383 e. The third-order valence-electron chi connectivity index (χ3n) is 2.64. The highest BCUT2D eigenvalue weighted by atomic mass is 16.5. The van der Waals surface area contributed by atoms with E-state index >= 15 is 0 Å². The van der Waals surface area contributed by atoms with Gasteiger partial charge in [0.25, 0.3) is 0 Å². The molecule has 0 fully saturated rings. The van der Waals surface area contributed by atoms with Gasteiger partial charge >= 0.3 is 0 Å². The maximum absolute atomic E-state index is 5.70. The molecule has 0 amide bonds. The molecule has 0 saturated carbocycles. The molecule has 104 valence electrons. The molecule has 0 saturated heterocycles. The van der Waals surface area contributed by atoms with Crippen LogP contribution in [0.4, 0.5) is 0 Å². The Hall–Kier alpha value is -0.160. The molecule has 17 heavy (non-hydrogen) atoms.